The molecule has 3 aromatic carbocycles. The number of oxime groups is 1. The number of halogens is 1. The molecule has 0 saturated carbocycles. The second-order valence-corrected chi connectivity index (χ2v) is 7.92. The number of fused-ring (bicyclic) bond motifs is 1. The van der Waals surface area contributed by atoms with Crippen LogP contribution in [0.4, 0.5) is 0 Å². The number of aromatic nitrogens is 1. The Bertz CT molecular complexity index is 1440. The van der Waals surface area contributed by atoms with Gasteiger partial charge >= 0.3 is 5.97 Å². The van der Waals surface area contributed by atoms with Gasteiger partial charge in [0.15, 0.2) is 23.0 Å². The fourth-order valence-electron chi connectivity index (χ4n) is 3.63. The Morgan fingerprint density at radius 1 is 0.750 bits per heavy atom. The number of ether oxygens (including phenoxy) is 4. The minimum atomic E-state index is -0.649. The number of nitrogens with zero attached hydrogens (tertiary/aromatic N) is 2. The molecule has 0 N–H and O–H groups in total. The highest BCUT2D eigenvalue weighted by Gasteiger charge is 2.19. The number of carbonyl (C=O) groups is 1. The van der Waals surface area contributed by atoms with Gasteiger partial charge in [-0.05, 0) is 66.0 Å². The van der Waals surface area contributed by atoms with Crippen molar-refractivity contribution in [3.63, 3.8) is 0 Å². The van der Waals surface area contributed by atoms with Crippen molar-refractivity contribution in [2.75, 3.05) is 28.4 Å². The molecule has 0 unspecified atom stereocenters. The summed E-state index contributed by atoms with van der Waals surface area (Å²) in [6.07, 6.45) is 1.64. The smallest absolute Gasteiger partial charge is 0.365 e. The molecule has 0 aliphatic rings. The maximum Gasteiger partial charge on any atom is 0.365 e. The zero-order valence-corrected chi connectivity index (χ0v) is 20.8. The summed E-state index contributed by atoms with van der Waals surface area (Å²) >= 11 is 5.93. The SMILES string of the molecule is COc1ccc(C(=NOC(=O)c2ccc(Cl)cc2)c2nccc3cc(OC)c(OC)cc23)cc1OC. The van der Waals surface area contributed by atoms with E-state index in [-0.39, 0.29) is 0 Å². The lowest BCUT2D eigenvalue weighted by Gasteiger charge is -2.14. The van der Waals surface area contributed by atoms with E-state index in [4.69, 9.17) is 35.4 Å². The van der Waals surface area contributed by atoms with Crippen LogP contribution in [0.3, 0.4) is 0 Å². The Kier molecular flexibility index (Phi) is 7.56. The maximum atomic E-state index is 12.7. The van der Waals surface area contributed by atoms with Gasteiger partial charge in [-0.2, -0.15) is 0 Å². The van der Waals surface area contributed by atoms with Crippen molar-refractivity contribution in [1.29, 1.82) is 0 Å². The van der Waals surface area contributed by atoms with Gasteiger partial charge in [0.25, 0.3) is 0 Å². The lowest BCUT2D eigenvalue weighted by Crippen LogP contribution is -2.11. The van der Waals surface area contributed by atoms with Crippen molar-refractivity contribution >= 4 is 34.1 Å². The first-order chi connectivity index (χ1) is 17.5. The highest BCUT2D eigenvalue weighted by atomic mass is 35.5. The van der Waals surface area contributed by atoms with Crippen LogP contribution in [0.25, 0.3) is 10.8 Å². The van der Waals surface area contributed by atoms with Crippen molar-refractivity contribution in [2.24, 2.45) is 5.16 Å². The molecule has 0 saturated heterocycles. The lowest BCUT2D eigenvalue weighted by molar-refractivity contribution is 0.0517. The van der Waals surface area contributed by atoms with Gasteiger partial charge in [0.05, 0.1) is 34.0 Å². The summed E-state index contributed by atoms with van der Waals surface area (Å²) in [5.41, 5.74) is 1.65. The van der Waals surface area contributed by atoms with Crippen molar-refractivity contribution in [3.8, 4) is 23.0 Å². The minimum Gasteiger partial charge on any atom is -0.493 e. The summed E-state index contributed by atoms with van der Waals surface area (Å²) in [5.74, 6) is 1.45. The Morgan fingerprint density at radius 3 is 2.03 bits per heavy atom. The molecular formula is C27H23ClN2O6. The summed E-state index contributed by atoms with van der Waals surface area (Å²) in [6.45, 7) is 0. The van der Waals surface area contributed by atoms with Gasteiger partial charge in [-0.25, -0.2) is 4.79 Å². The first kappa shape index (κ1) is 24.8. The molecule has 0 spiro atoms. The molecule has 1 heterocycles. The number of pyridine rings is 1. The molecule has 0 fully saturated rings. The quantitative estimate of drug-likeness (QED) is 0.176. The highest BCUT2D eigenvalue weighted by Crippen LogP contribution is 2.35. The van der Waals surface area contributed by atoms with Crippen molar-refractivity contribution in [3.05, 3.63) is 88.7 Å². The molecule has 0 radical (unpaired) electrons. The summed E-state index contributed by atoms with van der Waals surface area (Å²) in [5, 5.41) is 6.29. The van der Waals surface area contributed by atoms with E-state index in [0.717, 1.165) is 5.39 Å². The third kappa shape index (κ3) is 5.04. The van der Waals surface area contributed by atoms with Gasteiger partial charge in [-0.15, -0.1) is 0 Å². The third-order valence-electron chi connectivity index (χ3n) is 5.45. The molecule has 36 heavy (non-hydrogen) atoms. The van der Waals surface area contributed by atoms with Crippen molar-refractivity contribution in [2.45, 2.75) is 0 Å². The van der Waals surface area contributed by atoms with Crippen LogP contribution >= 0.6 is 11.6 Å². The van der Waals surface area contributed by atoms with Crippen LogP contribution in [0.2, 0.25) is 5.02 Å². The van der Waals surface area contributed by atoms with Crippen molar-refractivity contribution < 1.29 is 28.6 Å². The maximum absolute atomic E-state index is 12.7. The average Bonchev–Trinajstić information content (AvgIpc) is 2.92. The molecule has 0 aliphatic carbocycles. The number of rotatable bonds is 8. The van der Waals surface area contributed by atoms with Crippen LogP contribution in [0.1, 0.15) is 21.6 Å². The summed E-state index contributed by atoms with van der Waals surface area (Å²) < 4.78 is 21.8. The van der Waals surface area contributed by atoms with Gasteiger partial charge in [0, 0.05) is 22.2 Å². The largest absolute Gasteiger partial charge is 0.493 e. The van der Waals surface area contributed by atoms with Crippen LogP contribution in [0, 0.1) is 0 Å². The van der Waals surface area contributed by atoms with Crippen LogP contribution in [0.15, 0.2) is 72.0 Å². The molecule has 1 aromatic heterocycles. The summed E-state index contributed by atoms with van der Waals surface area (Å²) in [7, 11) is 6.20. The average molecular weight is 507 g/mol. The normalized spacial score (nSPS) is 11.2. The molecule has 8 nitrogen and oxygen atoms in total. The number of hydrogen-bond acceptors (Lipinski definition) is 8. The zero-order valence-electron chi connectivity index (χ0n) is 20.1. The van der Waals surface area contributed by atoms with E-state index in [2.05, 4.69) is 10.1 Å². The fourth-order valence-corrected chi connectivity index (χ4v) is 3.76. The topological polar surface area (TPSA) is 88.5 Å². The Hall–Kier alpha value is -4.30. The second kappa shape index (κ2) is 11.0. The molecular weight excluding hydrogens is 484 g/mol. The van der Waals surface area contributed by atoms with Crippen LogP contribution in [0.5, 0.6) is 23.0 Å². The Morgan fingerprint density at radius 2 is 1.36 bits per heavy atom. The van der Waals surface area contributed by atoms with Crippen LogP contribution in [-0.2, 0) is 4.84 Å². The van der Waals surface area contributed by atoms with Gasteiger partial charge in [0.1, 0.15) is 11.4 Å². The first-order valence-electron chi connectivity index (χ1n) is 10.8. The molecule has 184 valence electrons. The molecule has 0 atom stereocenters. The predicted molar refractivity (Wildman–Crippen MR) is 137 cm³/mol. The number of carbonyl (C=O) groups excluding carboxylic acids is 1. The molecule has 4 rings (SSSR count). The highest BCUT2D eigenvalue weighted by molar-refractivity contribution is 6.30. The first-order valence-corrected chi connectivity index (χ1v) is 11.1. The van der Waals surface area contributed by atoms with E-state index in [1.807, 2.05) is 12.1 Å². The second-order valence-electron chi connectivity index (χ2n) is 7.48. The fraction of sp³-hybridized carbons (Fsp3) is 0.148. The Balaban J connectivity index is 1.88. The van der Waals surface area contributed by atoms with Gasteiger partial charge in [-0.3, -0.25) is 4.98 Å². The van der Waals surface area contributed by atoms with Crippen LogP contribution < -0.4 is 18.9 Å². The van der Waals surface area contributed by atoms with Crippen LogP contribution in [-0.4, -0.2) is 45.1 Å². The minimum absolute atomic E-state index is 0.298. The molecule has 0 aliphatic heterocycles. The van der Waals surface area contributed by atoms with Crippen molar-refractivity contribution in [1.82, 2.24) is 4.98 Å². The number of benzene rings is 3. The van der Waals surface area contributed by atoms with E-state index < -0.39 is 5.97 Å². The Labute approximate surface area is 213 Å². The van der Waals surface area contributed by atoms with Gasteiger partial charge < -0.3 is 23.8 Å². The van der Waals surface area contributed by atoms with E-state index in [0.29, 0.717) is 55.9 Å². The summed E-state index contributed by atoms with van der Waals surface area (Å²) in [4.78, 5) is 22.6. The summed E-state index contributed by atoms with van der Waals surface area (Å²) in [6, 6.07) is 17.0. The number of methoxy groups -OCH3 is 4. The third-order valence-corrected chi connectivity index (χ3v) is 5.70. The number of hydrogen-bond donors (Lipinski definition) is 0. The van der Waals surface area contributed by atoms with Gasteiger partial charge in [-0.1, -0.05) is 16.8 Å². The predicted octanol–water partition coefficient (Wildman–Crippen LogP) is 5.53. The zero-order chi connectivity index (χ0) is 25.7. The van der Waals surface area contributed by atoms with E-state index in [9.17, 15) is 4.79 Å². The molecule has 0 bridgehead atoms. The molecule has 9 heteroatoms. The molecule has 0 amide bonds. The van der Waals surface area contributed by atoms with E-state index in [1.165, 1.54) is 7.11 Å². The van der Waals surface area contributed by atoms with E-state index >= 15 is 0 Å². The van der Waals surface area contributed by atoms with Gasteiger partial charge in [0.2, 0.25) is 0 Å². The molecule has 4 aromatic rings. The standard InChI is InChI=1S/C27H23ClN2O6/c1-32-21-10-7-18(14-22(21)33-2)25(30-36-27(31)16-5-8-19(28)9-6-16)26-20-15-24(35-4)23(34-3)13-17(20)11-12-29-26/h5-15H,1-4H3. The monoisotopic (exact) mass is 506 g/mol. The lowest BCUT2D eigenvalue weighted by atomic mass is 10.0. The van der Waals surface area contributed by atoms with E-state index in [1.54, 1.807) is 76.1 Å².